The molecular weight excluding hydrogens is 266 g/mol. The van der Waals surface area contributed by atoms with Gasteiger partial charge in [-0.25, -0.2) is 4.98 Å². The predicted molar refractivity (Wildman–Crippen MR) is 83.8 cm³/mol. The Morgan fingerprint density at radius 1 is 1.48 bits per heavy atom. The number of hydrogen-bond donors (Lipinski definition) is 2. The Labute approximate surface area is 126 Å². The number of hydrogen-bond acceptors (Lipinski definition) is 4. The van der Waals surface area contributed by atoms with Crippen molar-refractivity contribution < 1.29 is 9.53 Å². The molecule has 1 amide bonds. The summed E-state index contributed by atoms with van der Waals surface area (Å²) in [4.78, 5) is 17.0. The number of carbonyl (C=O) groups excluding carboxylic acids is 1. The minimum Gasteiger partial charge on any atom is -0.379 e. The van der Waals surface area contributed by atoms with E-state index in [1.54, 1.807) is 0 Å². The molecule has 21 heavy (non-hydrogen) atoms. The van der Waals surface area contributed by atoms with Crippen LogP contribution in [0, 0.1) is 0 Å². The van der Waals surface area contributed by atoms with Gasteiger partial charge in [-0.2, -0.15) is 0 Å². The van der Waals surface area contributed by atoms with E-state index in [4.69, 9.17) is 4.74 Å². The summed E-state index contributed by atoms with van der Waals surface area (Å²) in [7, 11) is 0. The standard InChI is InChI=1S/C16H25N3O2/c1-4-17-15-9-12(8-14(19-15)11(2)3)16(20)18-13-6-5-7-21-10-13/h8-9,11,13H,4-7,10H2,1-3H3,(H,17,19)(H,18,20). The molecule has 116 valence electrons. The van der Waals surface area contributed by atoms with Crippen LogP contribution < -0.4 is 10.6 Å². The molecule has 0 aliphatic carbocycles. The molecule has 1 aromatic heterocycles. The number of amides is 1. The highest BCUT2D eigenvalue weighted by atomic mass is 16.5. The predicted octanol–water partition coefficient (Wildman–Crippen LogP) is 2.55. The molecular formula is C16H25N3O2. The van der Waals surface area contributed by atoms with Crippen LogP contribution in [0.4, 0.5) is 5.82 Å². The Kier molecular flexibility index (Phi) is 5.56. The number of carbonyl (C=O) groups is 1. The average molecular weight is 291 g/mol. The molecule has 1 aliphatic rings. The van der Waals surface area contributed by atoms with Crippen LogP contribution in [0.2, 0.25) is 0 Å². The van der Waals surface area contributed by atoms with E-state index in [9.17, 15) is 4.79 Å². The van der Waals surface area contributed by atoms with Gasteiger partial charge in [0.05, 0.1) is 12.6 Å². The van der Waals surface area contributed by atoms with Crippen LogP contribution in [0.3, 0.4) is 0 Å². The highest BCUT2D eigenvalue weighted by Gasteiger charge is 2.18. The van der Waals surface area contributed by atoms with Crippen molar-refractivity contribution in [2.75, 3.05) is 25.1 Å². The molecule has 2 N–H and O–H groups in total. The summed E-state index contributed by atoms with van der Waals surface area (Å²) in [6.07, 6.45) is 1.98. The summed E-state index contributed by atoms with van der Waals surface area (Å²) >= 11 is 0. The van der Waals surface area contributed by atoms with E-state index in [2.05, 4.69) is 29.5 Å². The number of aromatic nitrogens is 1. The molecule has 0 spiro atoms. The fraction of sp³-hybridized carbons (Fsp3) is 0.625. The van der Waals surface area contributed by atoms with Gasteiger partial charge in [-0.3, -0.25) is 4.79 Å². The van der Waals surface area contributed by atoms with E-state index in [-0.39, 0.29) is 17.9 Å². The summed E-state index contributed by atoms with van der Waals surface area (Å²) in [5.74, 6) is 0.996. The lowest BCUT2D eigenvalue weighted by Crippen LogP contribution is -2.40. The number of pyridine rings is 1. The highest BCUT2D eigenvalue weighted by molar-refractivity contribution is 5.95. The maximum Gasteiger partial charge on any atom is 0.251 e. The number of anilines is 1. The maximum absolute atomic E-state index is 12.4. The third kappa shape index (κ3) is 4.43. The summed E-state index contributed by atoms with van der Waals surface area (Å²) in [6, 6.07) is 3.81. The van der Waals surface area contributed by atoms with Crippen molar-refractivity contribution in [3.63, 3.8) is 0 Å². The summed E-state index contributed by atoms with van der Waals surface area (Å²) < 4.78 is 5.40. The van der Waals surface area contributed by atoms with Crippen molar-refractivity contribution in [2.45, 2.75) is 45.6 Å². The fourth-order valence-corrected chi connectivity index (χ4v) is 2.37. The van der Waals surface area contributed by atoms with Crippen LogP contribution in [0.5, 0.6) is 0 Å². The number of nitrogens with one attached hydrogen (secondary N) is 2. The molecule has 5 heteroatoms. The van der Waals surface area contributed by atoms with Crippen LogP contribution in [0.1, 0.15) is 55.6 Å². The van der Waals surface area contributed by atoms with E-state index in [1.807, 2.05) is 19.1 Å². The summed E-state index contributed by atoms with van der Waals surface area (Å²) in [6.45, 7) is 8.36. The largest absolute Gasteiger partial charge is 0.379 e. The Morgan fingerprint density at radius 2 is 2.29 bits per heavy atom. The van der Waals surface area contributed by atoms with E-state index in [0.717, 1.165) is 37.5 Å². The first-order valence-corrected chi connectivity index (χ1v) is 7.74. The van der Waals surface area contributed by atoms with E-state index in [1.165, 1.54) is 0 Å². The van der Waals surface area contributed by atoms with Crippen LogP contribution >= 0.6 is 0 Å². The lowest BCUT2D eigenvalue weighted by Gasteiger charge is -2.23. The number of nitrogens with zero attached hydrogens (tertiary/aromatic N) is 1. The van der Waals surface area contributed by atoms with Gasteiger partial charge in [-0.15, -0.1) is 0 Å². The number of rotatable bonds is 5. The first-order chi connectivity index (χ1) is 10.1. The molecule has 1 unspecified atom stereocenters. The van der Waals surface area contributed by atoms with Gasteiger partial charge in [0.2, 0.25) is 0 Å². The molecule has 1 saturated heterocycles. The molecule has 0 aromatic carbocycles. The smallest absolute Gasteiger partial charge is 0.251 e. The Hall–Kier alpha value is -1.62. The quantitative estimate of drug-likeness (QED) is 0.875. The Balaban J connectivity index is 2.14. The van der Waals surface area contributed by atoms with Crippen molar-refractivity contribution in [2.24, 2.45) is 0 Å². The van der Waals surface area contributed by atoms with E-state index >= 15 is 0 Å². The van der Waals surface area contributed by atoms with Crippen molar-refractivity contribution in [3.8, 4) is 0 Å². The average Bonchev–Trinajstić information content (AvgIpc) is 2.48. The minimum atomic E-state index is -0.0473. The molecule has 0 radical (unpaired) electrons. The maximum atomic E-state index is 12.4. The molecule has 1 fully saturated rings. The third-order valence-corrected chi connectivity index (χ3v) is 3.55. The summed E-state index contributed by atoms with van der Waals surface area (Å²) in [5.41, 5.74) is 1.59. The molecule has 2 heterocycles. The lowest BCUT2D eigenvalue weighted by atomic mass is 10.1. The molecule has 1 atom stereocenters. The molecule has 1 aromatic rings. The van der Waals surface area contributed by atoms with Crippen molar-refractivity contribution in [3.05, 3.63) is 23.4 Å². The second kappa shape index (κ2) is 7.41. The molecule has 0 bridgehead atoms. The number of ether oxygens (including phenoxy) is 1. The van der Waals surface area contributed by atoms with Gasteiger partial charge >= 0.3 is 0 Å². The van der Waals surface area contributed by atoms with Crippen LogP contribution in [-0.4, -0.2) is 36.7 Å². The Bertz CT molecular complexity index is 482. The second-order valence-electron chi connectivity index (χ2n) is 5.74. The van der Waals surface area contributed by atoms with Gasteiger partial charge in [0.15, 0.2) is 0 Å². The monoisotopic (exact) mass is 291 g/mol. The molecule has 1 aliphatic heterocycles. The zero-order valence-electron chi connectivity index (χ0n) is 13.1. The van der Waals surface area contributed by atoms with Gasteiger partial charge in [0, 0.05) is 24.4 Å². The third-order valence-electron chi connectivity index (χ3n) is 3.55. The van der Waals surface area contributed by atoms with E-state index < -0.39 is 0 Å². The van der Waals surface area contributed by atoms with Crippen LogP contribution in [0.25, 0.3) is 0 Å². The Morgan fingerprint density at radius 3 is 2.90 bits per heavy atom. The molecule has 2 rings (SSSR count). The zero-order chi connectivity index (χ0) is 15.2. The van der Waals surface area contributed by atoms with Gasteiger partial charge in [0.25, 0.3) is 5.91 Å². The fourth-order valence-electron chi connectivity index (χ4n) is 2.37. The van der Waals surface area contributed by atoms with Gasteiger partial charge in [-0.05, 0) is 37.8 Å². The van der Waals surface area contributed by atoms with Crippen molar-refractivity contribution in [1.29, 1.82) is 0 Å². The topological polar surface area (TPSA) is 63.2 Å². The lowest BCUT2D eigenvalue weighted by molar-refractivity contribution is 0.0624. The van der Waals surface area contributed by atoms with Gasteiger partial charge in [-0.1, -0.05) is 13.8 Å². The normalized spacial score (nSPS) is 18.6. The first-order valence-electron chi connectivity index (χ1n) is 7.74. The van der Waals surface area contributed by atoms with Crippen LogP contribution in [-0.2, 0) is 4.74 Å². The molecule has 5 nitrogen and oxygen atoms in total. The first kappa shape index (κ1) is 15.8. The highest BCUT2D eigenvalue weighted by Crippen LogP contribution is 2.18. The molecule has 0 saturated carbocycles. The van der Waals surface area contributed by atoms with Crippen molar-refractivity contribution in [1.82, 2.24) is 10.3 Å². The van der Waals surface area contributed by atoms with Crippen LogP contribution in [0.15, 0.2) is 12.1 Å². The summed E-state index contributed by atoms with van der Waals surface area (Å²) in [5, 5.41) is 6.24. The zero-order valence-corrected chi connectivity index (χ0v) is 13.1. The minimum absolute atomic E-state index is 0.0473. The van der Waals surface area contributed by atoms with Gasteiger partial charge < -0.3 is 15.4 Å². The van der Waals surface area contributed by atoms with Gasteiger partial charge in [0.1, 0.15) is 5.82 Å². The SMILES string of the molecule is CCNc1cc(C(=O)NC2CCCOC2)cc(C(C)C)n1. The van der Waals surface area contributed by atoms with E-state index in [0.29, 0.717) is 12.2 Å². The van der Waals surface area contributed by atoms with Crippen molar-refractivity contribution >= 4 is 11.7 Å². The second-order valence-corrected chi connectivity index (χ2v) is 5.74.